The Labute approximate surface area is 158 Å². The van der Waals surface area contributed by atoms with Gasteiger partial charge in [-0.15, -0.1) is 0 Å². The summed E-state index contributed by atoms with van der Waals surface area (Å²) >= 11 is 0. The van der Waals surface area contributed by atoms with Crippen molar-refractivity contribution in [3.8, 4) is 17.2 Å². The zero-order valence-electron chi connectivity index (χ0n) is 15.6. The maximum absolute atomic E-state index is 12.2. The third kappa shape index (κ3) is 5.91. The normalized spacial score (nSPS) is 10.0. The SMILES string of the molecule is COC(=O)c1cc(OC)ccc1NC(=O)CCCOc1ccc(OC)cc1. The molecule has 0 aliphatic heterocycles. The number of hydrogen-bond acceptors (Lipinski definition) is 6. The van der Waals surface area contributed by atoms with Crippen molar-refractivity contribution in [2.24, 2.45) is 0 Å². The van der Waals surface area contributed by atoms with Crippen LogP contribution in [0.5, 0.6) is 17.2 Å². The lowest BCUT2D eigenvalue weighted by atomic mass is 10.1. The summed E-state index contributed by atoms with van der Waals surface area (Å²) in [5.74, 6) is 1.19. The Morgan fingerprint density at radius 1 is 0.889 bits per heavy atom. The van der Waals surface area contributed by atoms with E-state index in [2.05, 4.69) is 5.32 Å². The molecule has 0 saturated carbocycles. The highest BCUT2D eigenvalue weighted by Crippen LogP contribution is 2.23. The molecule has 0 heterocycles. The van der Waals surface area contributed by atoms with Gasteiger partial charge in [-0.05, 0) is 48.9 Å². The molecule has 2 aromatic rings. The first-order chi connectivity index (χ1) is 13.1. The van der Waals surface area contributed by atoms with Gasteiger partial charge in [-0.25, -0.2) is 4.79 Å². The maximum Gasteiger partial charge on any atom is 0.340 e. The number of amides is 1. The molecule has 7 nitrogen and oxygen atoms in total. The van der Waals surface area contributed by atoms with Crippen molar-refractivity contribution in [3.63, 3.8) is 0 Å². The lowest BCUT2D eigenvalue weighted by molar-refractivity contribution is -0.116. The molecule has 2 rings (SSSR count). The van der Waals surface area contributed by atoms with Crippen LogP contribution in [0.1, 0.15) is 23.2 Å². The van der Waals surface area contributed by atoms with Gasteiger partial charge < -0.3 is 24.3 Å². The Balaban J connectivity index is 1.85. The molecular formula is C20H23NO6. The minimum absolute atomic E-state index is 0.219. The van der Waals surface area contributed by atoms with Gasteiger partial charge in [0.2, 0.25) is 5.91 Å². The fraction of sp³-hybridized carbons (Fsp3) is 0.300. The summed E-state index contributed by atoms with van der Waals surface area (Å²) in [6.07, 6.45) is 0.782. The smallest absolute Gasteiger partial charge is 0.340 e. The van der Waals surface area contributed by atoms with Crippen LogP contribution in [0, 0.1) is 0 Å². The first-order valence-corrected chi connectivity index (χ1v) is 8.40. The van der Waals surface area contributed by atoms with E-state index in [-0.39, 0.29) is 17.9 Å². The number of benzene rings is 2. The molecule has 0 atom stereocenters. The number of nitrogens with one attached hydrogen (secondary N) is 1. The molecule has 7 heteroatoms. The summed E-state index contributed by atoms with van der Waals surface area (Å²) in [4.78, 5) is 24.0. The number of carbonyl (C=O) groups is 2. The summed E-state index contributed by atoms with van der Waals surface area (Å²) in [5, 5.41) is 2.72. The predicted octanol–water partition coefficient (Wildman–Crippen LogP) is 3.29. The molecule has 0 saturated heterocycles. The summed E-state index contributed by atoms with van der Waals surface area (Å²) < 4.78 is 20.5. The van der Waals surface area contributed by atoms with E-state index in [1.165, 1.54) is 20.3 Å². The number of hydrogen-bond donors (Lipinski definition) is 1. The van der Waals surface area contributed by atoms with Crippen molar-refractivity contribution in [2.45, 2.75) is 12.8 Å². The fourth-order valence-corrected chi connectivity index (χ4v) is 2.35. The van der Waals surface area contributed by atoms with E-state index >= 15 is 0 Å². The van der Waals surface area contributed by atoms with Gasteiger partial charge in [0.05, 0.1) is 39.2 Å². The van der Waals surface area contributed by atoms with Gasteiger partial charge in [-0.2, -0.15) is 0 Å². The standard InChI is InChI=1S/C20H23NO6/c1-24-14-6-8-15(9-7-14)27-12-4-5-19(22)21-18-11-10-16(25-2)13-17(18)20(23)26-3/h6-11,13H,4-5,12H2,1-3H3,(H,21,22). The van der Waals surface area contributed by atoms with Crippen LogP contribution in [0.2, 0.25) is 0 Å². The number of rotatable bonds is 9. The fourth-order valence-electron chi connectivity index (χ4n) is 2.35. The van der Waals surface area contributed by atoms with Gasteiger partial charge in [0.25, 0.3) is 0 Å². The van der Waals surface area contributed by atoms with E-state index < -0.39 is 5.97 Å². The number of esters is 1. The van der Waals surface area contributed by atoms with Gasteiger partial charge in [-0.1, -0.05) is 0 Å². The van der Waals surface area contributed by atoms with Crippen molar-refractivity contribution >= 4 is 17.6 Å². The molecule has 0 unspecified atom stereocenters. The third-order valence-electron chi connectivity index (χ3n) is 3.78. The van der Waals surface area contributed by atoms with Crippen LogP contribution >= 0.6 is 0 Å². The molecule has 1 amide bonds. The summed E-state index contributed by atoms with van der Waals surface area (Å²) in [7, 11) is 4.38. The first-order valence-electron chi connectivity index (χ1n) is 8.40. The Morgan fingerprint density at radius 2 is 1.52 bits per heavy atom. The van der Waals surface area contributed by atoms with E-state index in [0.29, 0.717) is 30.2 Å². The summed E-state index contributed by atoms with van der Waals surface area (Å²) in [6, 6.07) is 12.0. The van der Waals surface area contributed by atoms with Gasteiger partial charge in [0.1, 0.15) is 17.2 Å². The second-order valence-electron chi connectivity index (χ2n) is 5.58. The van der Waals surface area contributed by atoms with E-state index in [1.807, 2.05) is 0 Å². The quantitative estimate of drug-likeness (QED) is 0.536. The average molecular weight is 373 g/mol. The molecule has 1 N–H and O–H groups in total. The highest BCUT2D eigenvalue weighted by molar-refractivity contribution is 6.01. The molecule has 144 valence electrons. The molecule has 0 aromatic heterocycles. The molecule has 0 bridgehead atoms. The van der Waals surface area contributed by atoms with E-state index in [9.17, 15) is 9.59 Å². The molecule has 0 radical (unpaired) electrons. The topological polar surface area (TPSA) is 83.1 Å². The average Bonchev–Trinajstić information content (AvgIpc) is 2.71. The van der Waals surface area contributed by atoms with Gasteiger partial charge in [-0.3, -0.25) is 4.79 Å². The van der Waals surface area contributed by atoms with Crippen LogP contribution in [0.15, 0.2) is 42.5 Å². The number of ether oxygens (including phenoxy) is 4. The molecule has 0 spiro atoms. The zero-order chi connectivity index (χ0) is 19.6. The Kier molecular flexibility index (Phi) is 7.49. The van der Waals surface area contributed by atoms with Crippen molar-refractivity contribution in [1.29, 1.82) is 0 Å². The second-order valence-corrected chi connectivity index (χ2v) is 5.58. The van der Waals surface area contributed by atoms with Crippen molar-refractivity contribution in [1.82, 2.24) is 0 Å². The second kappa shape index (κ2) is 10.1. The Morgan fingerprint density at radius 3 is 2.15 bits per heavy atom. The van der Waals surface area contributed by atoms with Gasteiger partial charge in [0, 0.05) is 6.42 Å². The molecule has 0 fully saturated rings. The van der Waals surface area contributed by atoms with Crippen LogP contribution in [0.4, 0.5) is 5.69 Å². The molecule has 2 aromatic carbocycles. The Bertz CT molecular complexity index is 773. The minimum atomic E-state index is -0.549. The largest absolute Gasteiger partial charge is 0.497 e. The first kappa shape index (κ1) is 20.1. The molecule has 0 aliphatic rings. The van der Waals surface area contributed by atoms with Crippen LogP contribution < -0.4 is 19.5 Å². The van der Waals surface area contributed by atoms with Gasteiger partial charge >= 0.3 is 5.97 Å². The monoisotopic (exact) mass is 373 g/mol. The highest BCUT2D eigenvalue weighted by atomic mass is 16.5. The Hall–Kier alpha value is -3.22. The highest BCUT2D eigenvalue weighted by Gasteiger charge is 2.15. The lowest BCUT2D eigenvalue weighted by Crippen LogP contribution is -2.16. The number of methoxy groups -OCH3 is 3. The third-order valence-corrected chi connectivity index (χ3v) is 3.78. The minimum Gasteiger partial charge on any atom is -0.497 e. The van der Waals surface area contributed by atoms with Gasteiger partial charge in [0.15, 0.2) is 0 Å². The van der Waals surface area contributed by atoms with Crippen molar-refractivity contribution < 1.29 is 28.5 Å². The predicted molar refractivity (Wildman–Crippen MR) is 101 cm³/mol. The van der Waals surface area contributed by atoms with E-state index in [0.717, 1.165) is 5.75 Å². The summed E-state index contributed by atoms with van der Waals surface area (Å²) in [5.41, 5.74) is 0.614. The van der Waals surface area contributed by atoms with Crippen molar-refractivity contribution in [3.05, 3.63) is 48.0 Å². The van der Waals surface area contributed by atoms with E-state index in [1.54, 1.807) is 43.5 Å². The number of anilines is 1. The molecular weight excluding hydrogens is 350 g/mol. The maximum atomic E-state index is 12.2. The zero-order valence-corrected chi connectivity index (χ0v) is 15.6. The summed E-state index contributed by atoms with van der Waals surface area (Å²) in [6.45, 7) is 0.395. The van der Waals surface area contributed by atoms with Crippen molar-refractivity contribution in [2.75, 3.05) is 33.3 Å². The lowest BCUT2D eigenvalue weighted by Gasteiger charge is -2.11. The number of carbonyl (C=O) groups excluding carboxylic acids is 2. The van der Waals surface area contributed by atoms with E-state index in [4.69, 9.17) is 18.9 Å². The van der Waals surface area contributed by atoms with Crippen LogP contribution in [-0.2, 0) is 9.53 Å². The molecule has 0 aliphatic carbocycles. The van der Waals surface area contributed by atoms with Crippen LogP contribution in [0.3, 0.4) is 0 Å². The van der Waals surface area contributed by atoms with Crippen LogP contribution in [-0.4, -0.2) is 39.8 Å². The van der Waals surface area contributed by atoms with Crippen LogP contribution in [0.25, 0.3) is 0 Å². The molecule has 27 heavy (non-hydrogen) atoms.